The fraction of sp³-hybridized carbons (Fsp3) is 0.467. The van der Waals surface area contributed by atoms with Gasteiger partial charge < -0.3 is 21.1 Å². The van der Waals surface area contributed by atoms with Crippen LogP contribution in [0.5, 0.6) is 5.75 Å². The zero-order chi connectivity index (χ0) is 15.0. The first-order valence-electron chi connectivity index (χ1n) is 7.26. The Hall–Kier alpha value is -2.24. The second kappa shape index (κ2) is 5.27. The molecule has 1 saturated heterocycles. The number of para-hydroxylation sites is 1. The van der Waals surface area contributed by atoms with Gasteiger partial charge in [0.25, 0.3) is 5.91 Å². The highest BCUT2D eigenvalue weighted by atomic mass is 16.3. The molecule has 0 spiro atoms. The summed E-state index contributed by atoms with van der Waals surface area (Å²) in [5.74, 6) is -0.643. The molecule has 1 saturated carbocycles. The molecule has 1 aliphatic carbocycles. The first kappa shape index (κ1) is 13.7. The maximum atomic E-state index is 12.6. The molecule has 1 heterocycles. The lowest BCUT2D eigenvalue weighted by atomic mass is 10.1. The van der Waals surface area contributed by atoms with E-state index in [-0.39, 0.29) is 34.9 Å². The quantitative estimate of drug-likeness (QED) is 0.568. The number of amides is 2. The molecule has 0 radical (unpaired) electrons. The van der Waals surface area contributed by atoms with Crippen molar-refractivity contribution in [3.63, 3.8) is 0 Å². The van der Waals surface area contributed by atoms with Crippen molar-refractivity contribution in [2.45, 2.75) is 37.8 Å². The van der Waals surface area contributed by atoms with E-state index in [0.29, 0.717) is 13.0 Å². The fourth-order valence-corrected chi connectivity index (χ4v) is 2.70. The van der Waals surface area contributed by atoms with Crippen LogP contribution in [0.15, 0.2) is 18.2 Å². The fourth-order valence-electron chi connectivity index (χ4n) is 2.70. The predicted octanol–water partition coefficient (Wildman–Crippen LogP) is 0.858. The second-order valence-electron chi connectivity index (χ2n) is 5.68. The summed E-state index contributed by atoms with van der Waals surface area (Å²) in [6.45, 7) is 0.524. The summed E-state index contributed by atoms with van der Waals surface area (Å²) in [5.41, 5.74) is 5.95. The van der Waals surface area contributed by atoms with E-state index in [1.165, 1.54) is 17.0 Å². The van der Waals surface area contributed by atoms with Gasteiger partial charge in [0.2, 0.25) is 5.91 Å². The molecular formula is C15H19N3O3. The van der Waals surface area contributed by atoms with E-state index in [1.54, 1.807) is 6.07 Å². The summed E-state index contributed by atoms with van der Waals surface area (Å²) in [6.07, 6.45) is 3.48. The second-order valence-corrected chi connectivity index (χ2v) is 5.68. The van der Waals surface area contributed by atoms with Crippen molar-refractivity contribution in [1.29, 1.82) is 0 Å². The number of carbonyl (C=O) groups is 2. The van der Waals surface area contributed by atoms with Gasteiger partial charge in [0, 0.05) is 12.6 Å². The van der Waals surface area contributed by atoms with Crippen molar-refractivity contribution in [2.75, 3.05) is 12.3 Å². The Labute approximate surface area is 122 Å². The van der Waals surface area contributed by atoms with Crippen molar-refractivity contribution >= 4 is 17.5 Å². The van der Waals surface area contributed by atoms with E-state index in [4.69, 9.17) is 5.73 Å². The monoisotopic (exact) mass is 289 g/mol. The minimum Gasteiger partial charge on any atom is -0.505 e. The van der Waals surface area contributed by atoms with Gasteiger partial charge in [0.15, 0.2) is 5.75 Å². The van der Waals surface area contributed by atoms with E-state index >= 15 is 0 Å². The number of rotatable bonds is 3. The number of benzene rings is 1. The van der Waals surface area contributed by atoms with Gasteiger partial charge in [-0.1, -0.05) is 6.07 Å². The number of nitrogens with two attached hydrogens (primary N) is 1. The molecule has 0 aromatic heterocycles. The number of anilines is 1. The highest BCUT2D eigenvalue weighted by molar-refractivity contribution is 6.01. The van der Waals surface area contributed by atoms with Gasteiger partial charge in [0.1, 0.15) is 6.04 Å². The van der Waals surface area contributed by atoms with Crippen LogP contribution in [0.25, 0.3) is 0 Å². The number of nitrogens with one attached hydrogen (secondary N) is 1. The molecule has 3 rings (SSSR count). The van der Waals surface area contributed by atoms with Crippen LogP contribution >= 0.6 is 0 Å². The highest BCUT2D eigenvalue weighted by Crippen LogP contribution is 2.29. The summed E-state index contributed by atoms with van der Waals surface area (Å²) in [6, 6.07) is 4.52. The van der Waals surface area contributed by atoms with Crippen LogP contribution in [0.4, 0.5) is 5.69 Å². The maximum absolute atomic E-state index is 12.6. The average Bonchev–Trinajstić information content (AvgIpc) is 3.14. The Morgan fingerprint density at radius 1 is 1.29 bits per heavy atom. The van der Waals surface area contributed by atoms with Gasteiger partial charge in [-0.15, -0.1) is 0 Å². The molecule has 1 aromatic rings. The first-order valence-corrected chi connectivity index (χ1v) is 7.26. The van der Waals surface area contributed by atoms with E-state index < -0.39 is 6.04 Å². The molecular weight excluding hydrogens is 270 g/mol. The van der Waals surface area contributed by atoms with Crippen LogP contribution in [0, 0.1) is 0 Å². The summed E-state index contributed by atoms with van der Waals surface area (Å²) >= 11 is 0. The van der Waals surface area contributed by atoms with Crippen molar-refractivity contribution in [3.8, 4) is 5.75 Å². The Kier molecular flexibility index (Phi) is 3.45. The number of nitrogen functional groups attached to an aromatic ring is 1. The number of likely N-dealkylation sites (tertiary alicyclic amines) is 1. The molecule has 21 heavy (non-hydrogen) atoms. The largest absolute Gasteiger partial charge is 0.505 e. The van der Waals surface area contributed by atoms with Crippen molar-refractivity contribution in [1.82, 2.24) is 10.2 Å². The first-order chi connectivity index (χ1) is 10.1. The molecule has 6 nitrogen and oxygen atoms in total. The Balaban J connectivity index is 1.79. The van der Waals surface area contributed by atoms with Crippen LogP contribution in [-0.4, -0.2) is 40.4 Å². The van der Waals surface area contributed by atoms with E-state index in [2.05, 4.69) is 5.32 Å². The molecule has 2 fully saturated rings. The molecule has 6 heteroatoms. The zero-order valence-corrected chi connectivity index (χ0v) is 11.7. The van der Waals surface area contributed by atoms with Crippen molar-refractivity contribution < 1.29 is 14.7 Å². The lowest BCUT2D eigenvalue weighted by Gasteiger charge is -2.24. The summed E-state index contributed by atoms with van der Waals surface area (Å²) in [5, 5.41) is 12.9. The van der Waals surface area contributed by atoms with E-state index in [0.717, 1.165) is 19.3 Å². The third-order valence-electron chi connectivity index (χ3n) is 4.04. The number of hydrogen-bond acceptors (Lipinski definition) is 4. The summed E-state index contributed by atoms with van der Waals surface area (Å²) in [4.78, 5) is 26.3. The normalized spacial score (nSPS) is 21.3. The van der Waals surface area contributed by atoms with Gasteiger partial charge in [-0.3, -0.25) is 9.59 Å². The third kappa shape index (κ3) is 2.66. The molecule has 1 atom stereocenters. The van der Waals surface area contributed by atoms with Gasteiger partial charge >= 0.3 is 0 Å². The third-order valence-corrected chi connectivity index (χ3v) is 4.04. The van der Waals surface area contributed by atoms with Gasteiger partial charge in [-0.05, 0) is 37.8 Å². The number of nitrogens with zero attached hydrogens (tertiary/aromatic N) is 1. The van der Waals surface area contributed by atoms with Crippen LogP contribution < -0.4 is 11.1 Å². The molecule has 4 N–H and O–H groups in total. The Morgan fingerprint density at radius 2 is 2.05 bits per heavy atom. The minimum atomic E-state index is -0.445. The lowest BCUT2D eigenvalue weighted by molar-refractivity contribution is -0.125. The van der Waals surface area contributed by atoms with Gasteiger partial charge in [0.05, 0.1) is 11.3 Å². The topological polar surface area (TPSA) is 95.7 Å². The molecule has 0 bridgehead atoms. The van der Waals surface area contributed by atoms with E-state index in [9.17, 15) is 14.7 Å². The van der Waals surface area contributed by atoms with Gasteiger partial charge in [-0.2, -0.15) is 0 Å². The molecule has 1 aromatic carbocycles. The summed E-state index contributed by atoms with van der Waals surface area (Å²) < 4.78 is 0. The Bertz CT molecular complexity index is 584. The number of phenolic OH excluding ortho intramolecular Hbond substituents is 1. The van der Waals surface area contributed by atoms with Crippen LogP contribution in [0.1, 0.15) is 36.0 Å². The van der Waals surface area contributed by atoms with Crippen LogP contribution in [-0.2, 0) is 4.79 Å². The van der Waals surface area contributed by atoms with E-state index in [1.807, 2.05) is 0 Å². The van der Waals surface area contributed by atoms with Crippen molar-refractivity contribution in [3.05, 3.63) is 23.8 Å². The average molecular weight is 289 g/mol. The molecule has 2 aliphatic rings. The molecule has 1 unspecified atom stereocenters. The number of hydrogen-bond donors (Lipinski definition) is 3. The molecule has 1 aliphatic heterocycles. The number of carbonyl (C=O) groups excluding carboxylic acids is 2. The smallest absolute Gasteiger partial charge is 0.258 e. The predicted molar refractivity (Wildman–Crippen MR) is 77.7 cm³/mol. The highest BCUT2D eigenvalue weighted by Gasteiger charge is 2.37. The minimum absolute atomic E-state index is 0.0910. The summed E-state index contributed by atoms with van der Waals surface area (Å²) in [7, 11) is 0. The van der Waals surface area contributed by atoms with Crippen LogP contribution in [0.2, 0.25) is 0 Å². The SMILES string of the molecule is Nc1cccc(C(=O)N2CCCC2C(=O)NC2CC2)c1O. The standard InChI is InChI=1S/C15H19N3O3/c16-11-4-1-3-10(13(11)19)15(21)18-8-2-5-12(18)14(20)17-9-6-7-9/h1,3-4,9,12,19H,2,5-8,16H2,(H,17,20). The lowest BCUT2D eigenvalue weighted by Crippen LogP contribution is -2.46. The van der Waals surface area contributed by atoms with Gasteiger partial charge in [-0.25, -0.2) is 0 Å². The number of phenols is 1. The van der Waals surface area contributed by atoms with Crippen LogP contribution in [0.3, 0.4) is 0 Å². The zero-order valence-electron chi connectivity index (χ0n) is 11.7. The van der Waals surface area contributed by atoms with Crippen molar-refractivity contribution in [2.24, 2.45) is 0 Å². The Morgan fingerprint density at radius 3 is 2.76 bits per heavy atom. The number of aromatic hydroxyl groups is 1. The molecule has 2 amide bonds. The molecule has 112 valence electrons. The maximum Gasteiger partial charge on any atom is 0.258 e.